The predicted octanol–water partition coefficient (Wildman–Crippen LogP) is 9.14. The van der Waals surface area contributed by atoms with Gasteiger partial charge in [-0.25, -0.2) is 0 Å². The number of allylic oxidation sites excluding steroid dienone is 1. The molecule has 0 bridgehead atoms. The summed E-state index contributed by atoms with van der Waals surface area (Å²) in [7, 11) is 0. The predicted molar refractivity (Wildman–Crippen MR) is 202 cm³/mol. The Labute approximate surface area is 303 Å². The van der Waals surface area contributed by atoms with Crippen molar-refractivity contribution in [1.82, 2.24) is 10.2 Å². The van der Waals surface area contributed by atoms with Crippen molar-refractivity contribution in [3.8, 4) is 11.5 Å². The van der Waals surface area contributed by atoms with Gasteiger partial charge in [0.05, 0.1) is 18.2 Å². The molecule has 8 nitrogen and oxygen atoms in total. The van der Waals surface area contributed by atoms with Crippen molar-refractivity contribution >= 4 is 56.8 Å². The van der Waals surface area contributed by atoms with Crippen LogP contribution in [0, 0.1) is 0 Å². The molecule has 1 amide bonds. The molecule has 6 aromatic rings. The molecular formula is C41H33N3O5S2. The molecule has 0 fully saturated rings. The number of aromatic nitrogens is 2. The second-order valence-electron chi connectivity index (χ2n) is 11.6. The fourth-order valence-corrected chi connectivity index (χ4v) is 7.80. The summed E-state index contributed by atoms with van der Waals surface area (Å²) in [4.78, 5) is 29.1. The Morgan fingerprint density at radius 2 is 1.63 bits per heavy atom. The lowest BCUT2D eigenvalue weighted by Gasteiger charge is -2.24. The molecular weight excluding hydrogens is 679 g/mol. The van der Waals surface area contributed by atoms with Gasteiger partial charge in [0.15, 0.2) is 27.4 Å². The Hall–Kier alpha value is -5.71. The van der Waals surface area contributed by atoms with Crippen LogP contribution in [-0.2, 0) is 21.9 Å². The number of nitrogens with zero attached hydrogens (tertiary/aromatic N) is 3. The molecule has 10 heteroatoms. The van der Waals surface area contributed by atoms with E-state index in [4.69, 9.17) is 9.47 Å². The first-order valence-corrected chi connectivity index (χ1v) is 18.2. The van der Waals surface area contributed by atoms with Crippen molar-refractivity contribution < 1.29 is 24.2 Å². The summed E-state index contributed by atoms with van der Waals surface area (Å²) in [5.41, 5.74) is 3.43. The Kier molecular flexibility index (Phi) is 10.2. The molecule has 1 aliphatic heterocycles. The second kappa shape index (κ2) is 15.5. The number of fused-ring (bicyclic) bond motifs is 1. The first-order valence-electron chi connectivity index (χ1n) is 16.4. The minimum atomic E-state index is -1.00. The molecule has 1 aliphatic rings. The van der Waals surface area contributed by atoms with E-state index < -0.39 is 23.5 Å². The van der Waals surface area contributed by atoms with Crippen LogP contribution in [0.3, 0.4) is 0 Å². The van der Waals surface area contributed by atoms with Gasteiger partial charge >= 0.3 is 0 Å². The number of benzene rings is 5. The van der Waals surface area contributed by atoms with Crippen LogP contribution in [0.5, 0.6) is 11.5 Å². The van der Waals surface area contributed by atoms with Crippen LogP contribution in [0.15, 0.2) is 143 Å². The van der Waals surface area contributed by atoms with Gasteiger partial charge in [0.2, 0.25) is 5.13 Å². The molecule has 2 heterocycles. The Morgan fingerprint density at radius 3 is 2.43 bits per heavy atom. The average Bonchev–Trinajstić information content (AvgIpc) is 3.74. The van der Waals surface area contributed by atoms with Gasteiger partial charge in [-0.05, 0) is 58.2 Å². The Bertz CT molecular complexity index is 2250. The van der Waals surface area contributed by atoms with Gasteiger partial charge in [0.1, 0.15) is 6.61 Å². The molecule has 0 aliphatic carbocycles. The van der Waals surface area contributed by atoms with Crippen LogP contribution >= 0.6 is 23.1 Å². The number of ketones is 1. The van der Waals surface area contributed by atoms with Crippen molar-refractivity contribution in [2.24, 2.45) is 0 Å². The summed E-state index contributed by atoms with van der Waals surface area (Å²) in [6, 6.07) is 37.8. The van der Waals surface area contributed by atoms with Crippen LogP contribution < -0.4 is 14.4 Å². The molecule has 0 radical (unpaired) electrons. The number of hydrogen-bond acceptors (Lipinski definition) is 9. The lowest BCUT2D eigenvalue weighted by Crippen LogP contribution is -2.31. The fourth-order valence-electron chi connectivity index (χ4n) is 5.93. The minimum Gasteiger partial charge on any atom is -0.503 e. The lowest BCUT2D eigenvalue weighted by molar-refractivity contribution is -0.117. The molecule has 1 atom stereocenters. The van der Waals surface area contributed by atoms with E-state index in [-0.39, 0.29) is 10.7 Å². The van der Waals surface area contributed by atoms with Gasteiger partial charge in [-0.15, -0.1) is 10.2 Å². The highest BCUT2D eigenvalue weighted by molar-refractivity contribution is 8.00. The maximum Gasteiger partial charge on any atom is 0.296 e. The van der Waals surface area contributed by atoms with Crippen molar-refractivity contribution in [1.29, 1.82) is 0 Å². The van der Waals surface area contributed by atoms with Crippen molar-refractivity contribution in [3.05, 3.63) is 161 Å². The minimum absolute atomic E-state index is 0.0623. The highest BCUT2D eigenvalue weighted by Gasteiger charge is 2.45. The average molecular weight is 712 g/mol. The van der Waals surface area contributed by atoms with E-state index >= 15 is 0 Å². The number of hydrogen-bond donors (Lipinski definition) is 1. The maximum atomic E-state index is 13.9. The highest BCUT2D eigenvalue weighted by Crippen LogP contribution is 2.45. The zero-order valence-electron chi connectivity index (χ0n) is 27.6. The molecule has 1 aromatic heterocycles. The summed E-state index contributed by atoms with van der Waals surface area (Å²) in [6.45, 7) is 2.55. The van der Waals surface area contributed by atoms with E-state index in [1.54, 1.807) is 24.3 Å². The topological polar surface area (TPSA) is 102 Å². The number of anilines is 1. The monoisotopic (exact) mass is 711 g/mol. The summed E-state index contributed by atoms with van der Waals surface area (Å²) in [6.07, 6.45) is 3.03. The number of ether oxygens (including phenoxy) is 2. The van der Waals surface area contributed by atoms with Gasteiger partial charge in [-0.1, -0.05) is 138 Å². The smallest absolute Gasteiger partial charge is 0.296 e. The molecule has 0 saturated carbocycles. The molecule has 7 rings (SSSR count). The Balaban J connectivity index is 1.22. The number of thioether (sulfide) groups is 1. The number of aliphatic hydroxyl groups excluding tert-OH is 1. The van der Waals surface area contributed by atoms with E-state index in [2.05, 4.69) is 34.5 Å². The second-order valence-corrected chi connectivity index (χ2v) is 13.8. The fraction of sp³-hybridized carbons (Fsp3) is 0.122. The van der Waals surface area contributed by atoms with E-state index in [1.165, 1.54) is 34.1 Å². The lowest BCUT2D eigenvalue weighted by atomic mass is 9.95. The van der Waals surface area contributed by atoms with E-state index in [0.29, 0.717) is 40.4 Å². The highest BCUT2D eigenvalue weighted by atomic mass is 32.2. The number of rotatable bonds is 13. The van der Waals surface area contributed by atoms with Crippen LogP contribution in [-0.4, -0.2) is 33.6 Å². The quantitative estimate of drug-likeness (QED) is 0.0719. The van der Waals surface area contributed by atoms with Crippen LogP contribution in [0.1, 0.15) is 35.2 Å². The first kappa shape index (κ1) is 33.8. The van der Waals surface area contributed by atoms with Gasteiger partial charge in [-0.3, -0.25) is 14.5 Å². The van der Waals surface area contributed by atoms with E-state index in [9.17, 15) is 14.7 Å². The Morgan fingerprint density at radius 1 is 0.882 bits per heavy atom. The third kappa shape index (κ3) is 7.42. The van der Waals surface area contributed by atoms with Gasteiger partial charge in [-0.2, -0.15) is 0 Å². The summed E-state index contributed by atoms with van der Waals surface area (Å²) >= 11 is 2.74. The molecule has 51 heavy (non-hydrogen) atoms. The summed E-state index contributed by atoms with van der Waals surface area (Å²) in [5.74, 6) is -0.277. The van der Waals surface area contributed by atoms with Crippen molar-refractivity contribution in [3.63, 3.8) is 0 Å². The first-order chi connectivity index (χ1) is 25.0. The van der Waals surface area contributed by atoms with Crippen molar-refractivity contribution in [2.75, 3.05) is 11.5 Å². The third-order valence-electron chi connectivity index (χ3n) is 8.35. The normalized spacial score (nSPS) is 14.5. The van der Waals surface area contributed by atoms with Crippen LogP contribution in [0.25, 0.3) is 16.8 Å². The number of carbonyl (C=O) groups excluding carboxylic acids is 2. The van der Waals surface area contributed by atoms with Gasteiger partial charge in [0.25, 0.3) is 5.91 Å². The number of aliphatic hydroxyl groups is 1. The van der Waals surface area contributed by atoms with Crippen molar-refractivity contribution in [2.45, 2.75) is 29.7 Å². The van der Waals surface area contributed by atoms with E-state index in [0.717, 1.165) is 27.5 Å². The molecule has 5 aromatic carbocycles. The van der Waals surface area contributed by atoms with Crippen LogP contribution in [0.2, 0.25) is 0 Å². The van der Waals surface area contributed by atoms with E-state index in [1.807, 2.05) is 85.8 Å². The molecule has 1 N–H and O–H groups in total. The van der Waals surface area contributed by atoms with Gasteiger partial charge < -0.3 is 14.6 Å². The number of carbonyl (C=O) groups is 2. The molecule has 254 valence electrons. The van der Waals surface area contributed by atoms with Crippen LogP contribution in [0.4, 0.5) is 5.13 Å². The SMILES string of the molecule is CCOc1cc(C2C(C(=O)C=Cc3ccccc3)=C(O)C(=O)N2c2nnc(SCc3cccc4ccccc34)s2)ccc1OCc1ccccc1. The zero-order valence-corrected chi connectivity index (χ0v) is 29.3. The molecule has 0 spiro atoms. The number of amides is 1. The zero-order chi connectivity index (χ0) is 35.2. The van der Waals surface area contributed by atoms with Gasteiger partial charge in [0, 0.05) is 5.75 Å². The maximum absolute atomic E-state index is 13.9. The standard InChI is InChI=1S/C41H33N3O5S2/c1-2-48-35-24-30(21-23-34(35)49-25-28-14-7-4-8-15-28)37-36(33(45)22-20-27-12-5-3-6-13-27)38(46)39(47)44(37)40-42-43-41(51-40)50-26-31-18-11-17-29-16-9-10-19-32(29)31/h3-24,37,46H,2,25-26H2,1H3. The largest absolute Gasteiger partial charge is 0.503 e. The molecule has 0 saturated heterocycles. The molecule has 1 unspecified atom stereocenters. The third-order valence-corrected chi connectivity index (χ3v) is 10.5. The summed E-state index contributed by atoms with van der Waals surface area (Å²) < 4.78 is 12.8. The summed E-state index contributed by atoms with van der Waals surface area (Å²) in [5, 5.41) is 22.7.